The van der Waals surface area contributed by atoms with E-state index in [4.69, 9.17) is 4.74 Å². The maximum absolute atomic E-state index is 13.2. The Kier molecular flexibility index (Phi) is 9.26. The number of aryl methyl sites for hydroxylation is 1. The minimum absolute atomic E-state index is 0.00265. The van der Waals surface area contributed by atoms with E-state index < -0.39 is 29.3 Å². The van der Waals surface area contributed by atoms with Crippen molar-refractivity contribution in [3.8, 4) is 5.75 Å². The van der Waals surface area contributed by atoms with Crippen LogP contribution in [-0.2, 0) is 30.6 Å². The predicted molar refractivity (Wildman–Crippen MR) is 125 cm³/mol. The van der Waals surface area contributed by atoms with Gasteiger partial charge in [0.25, 0.3) is 5.56 Å². The van der Waals surface area contributed by atoms with E-state index >= 15 is 0 Å². The molecule has 0 spiro atoms. The van der Waals surface area contributed by atoms with Crippen LogP contribution in [0.25, 0.3) is 0 Å². The summed E-state index contributed by atoms with van der Waals surface area (Å²) in [7, 11) is -0.987. The van der Waals surface area contributed by atoms with Crippen molar-refractivity contribution in [1.29, 1.82) is 0 Å². The lowest BCUT2D eigenvalue weighted by Gasteiger charge is -2.30. The number of ether oxygens (including phenoxy) is 1. The maximum Gasteiger partial charge on any atom is 0.406 e. The van der Waals surface area contributed by atoms with Crippen LogP contribution in [0.3, 0.4) is 0 Å². The molecule has 0 aliphatic carbocycles. The van der Waals surface area contributed by atoms with Crippen molar-refractivity contribution >= 4 is 11.0 Å². The number of piperidine rings is 1. The van der Waals surface area contributed by atoms with E-state index in [0.29, 0.717) is 30.0 Å². The summed E-state index contributed by atoms with van der Waals surface area (Å²) in [6.07, 6.45) is -1.87. The summed E-state index contributed by atoms with van der Waals surface area (Å²) in [6, 6.07) is 7.77. The second kappa shape index (κ2) is 11.9. The number of halogens is 3. The van der Waals surface area contributed by atoms with Gasteiger partial charge in [0, 0.05) is 25.4 Å². The highest BCUT2D eigenvalue weighted by Gasteiger charge is 2.31. The van der Waals surface area contributed by atoms with Gasteiger partial charge in [0.15, 0.2) is 0 Å². The largest absolute Gasteiger partial charge is 0.486 e. The van der Waals surface area contributed by atoms with E-state index in [2.05, 4.69) is 10.3 Å². The number of benzene rings is 1. The van der Waals surface area contributed by atoms with Crippen LogP contribution < -0.4 is 15.6 Å². The zero-order chi connectivity index (χ0) is 24.7. The number of nitrogens with zero attached hydrogens (tertiary/aromatic N) is 3. The highest BCUT2D eigenvalue weighted by Crippen LogP contribution is 2.21. The van der Waals surface area contributed by atoms with Gasteiger partial charge in [-0.3, -0.25) is 9.36 Å². The normalized spacial score (nSPS) is 16.5. The number of rotatable bonds is 10. The molecule has 1 aromatic carbocycles. The van der Waals surface area contributed by atoms with Gasteiger partial charge in [0.1, 0.15) is 12.4 Å². The van der Waals surface area contributed by atoms with Gasteiger partial charge in [-0.25, -0.2) is 13.5 Å². The average molecular weight is 501 g/mol. The maximum atomic E-state index is 13.2. The predicted octanol–water partition coefficient (Wildman–Crippen LogP) is 3.18. The van der Waals surface area contributed by atoms with Crippen molar-refractivity contribution < 1.29 is 22.1 Å². The third-order valence-corrected chi connectivity index (χ3v) is 7.19. The monoisotopic (exact) mass is 500 g/mol. The molecule has 1 aromatic heterocycles. The van der Waals surface area contributed by atoms with Crippen molar-refractivity contribution in [2.45, 2.75) is 52.5 Å². The first kappa shape index (κ1) is 26.4. The molecule has 0 saturated carbocycles. The van der Waals surface area contributed by atoms with Gasteiger partial charge in [-0.1, -0.05) is 36.8 Å². The van der Waals surface area contributed by atoms with Crippen molar-refractivity contribution in [3.05, 3.63) is 57.8 Å². The summed E-state index contributed by atoms with van der Waals surface area (Å²) in [4.78, 5) is 16.9. The van der Waals surface area contributed by atoms with Gasteiger partial charge in [-0.2, -0.15) is 13.2 Å². The molecule has 1 saturated heterocycles. The molecule has 7 nitrogen and oxygen atoms in total. The van der Waals surface area contributed by atoms with Crippen LogP contribution in [0.15, 0.2) is 35.3 Å². The van der Waals surface area contributed by atoms with Crippen molar-refractivity contribution in [1.82, 2.24) is 19.2 Å². The van der Waals surface area contributed by atoms with Crippen LogP contribution in [0.2, 0.25) is 0 Å². The number of alkyl halides is 3. The summed E-state index contributed by atoms with van der Waals surface area (Å²) >= 11 is 0. The highest BCUT2D eigenvalue weighted by atomic mass is 32.2. The first-order valence-electron chi connectivity index (χ1n) is 11.3. The van der Waals surface area contributed by atoms with E-state index in [1.165, 1.54) is 6.20 Å². The van der Waals surface area contributed by atoms with Gasteiger partial charge in [-0.15, -0.1) is 0 Å². The zero-order valence-electron chi connectivity index (χ0n) is 19.4. The Labute approximate surface area is 199 Å². The Morgan fingerprint density at radius 3 is 2.47 bits per heavy atom. The van der Waals surface area contributed by atoms with Crippen molar-refractivity contribution in [2.24, 2.45) is 5.92 Å². The summed E-state index contributed by atoms with van der Waals surface area (Å²) in [6.45, 7) is 4.38. The molecule has 1 unspecified atom stereocenters. The molecular weight excluding hydrogens is 469 g/mol. The summed E-state index contributed by atoms with van der Waals surface area (Å²) in [5, 5.41) is 3.05. The molecule has 1 N–H and O–H groups in total. The Morgan fingerprint density at radius 1 is 1.18 bits per heavy atom. The summed E-state index contributed by atoms with van der Waals surface area (Å²) < 4.78 is 59.6. The fourth-order valence-electron chi connectivity index (χ4n) is 3.79. The molecule has 0 bridgehead atoms. The van der Waals surface area contributed by atoms with Gasteiger partial charge >= 0.3 is 6.18 Å². The third-order valence-electron chi connectivity index (χ3n) is 5.75. The van der Waals surface area contributed by atoms with Crippen LogP contribution >= 0.6 is 0 Å². The SMILES string of the molecule is CCS(=O)N1CCC(COc2cnc(CNCc3ccc(C)cc3)n(CC(F)(F)F)c2=O)CC1. The minimum Gasteiger partial charge on any atom is -0.486 e. The fourth-order valence-corrected chi connectivity index (χ4v) is 4.77. The standard InChI is InChI=1S/C23H31F3N4O3S/c1-3-34(32)29-10-8-19(9-11-29)15-33-20-13-28-21(30(22(20)31)16-23(24,25)26)14-27-12-18-6-4-17(2)5-7-18/h4-7,13,19,27H,3,8-12,14-16H2,1-2H3. The van der Waals surface area contributed by atoms with Crippen LogP contribution in [0.4, 0.5) is 13.2 Å². The minimum atomic E-state index is -4.57. The molecule has 0 radical (unpaired) electrons. The van der Waals surface area contributed by atoms with Crippen molar-refractivity contribution in [3.63, 3.8) is 0 Å². The number of nitrogens with one attached hydrogen (secondary N) is 1. The van der Waals surface area contributed by atoms with E-state index in [-0.39, 0.29) is 30.6 Å². The lowest BCUT2D eigenvalue weighted by molar-refractivity contribution is -0.141. The molecule has 3 rings (SSSR count). The second-order valence-electron chi connectivity index (χ2n) is 8.43. The Morgan fingerprint density at radius 2 is 1.85 bits per heavy atom. The molecule has 0 amide bonds. The van der Waals surface area contributed by atoms with E-state index in [0.717, 1.165) is 24.0 Å². The Balaban J connectivity index is 1.64. The zero-order valence-corrected chi connectivity index (χ0v) is 20.3. The van der Waals surface area contributed by atoms with Gasteiger partial charge in [0.2, 0.25) is 5.75 Å². The molecule has 1 atom stereocenters. The highest BCUT2D eigenvalue weighted by molar-refractivity contribution is 7.82. The molecular formula is C23H31F3N4O3S. The first-order valence-corrected chi connectivity index (χ1v) is 12.6. The first-order chi connectivity index (χ1) is 16.2. The topological polar surface area (TPSA) is 76.5 Å². The van der Waals surface area contributed by atoms with Gasteiger partial charge < -0.3 is 10.1 Å². The molecule has 11 heteroatoms. The van der Waals surface area contributed by atoms with Crippen LogP contribution in [0.5, 0.6) is 5.75 Å². The average Bonchev–Trinajstić information content (AvgIpc) is 2.81. The van der Waals surface area contributed by atoms with E-state index in [1.807, 2.05) is 42.4 Å². The van der Waals surface area contributed by atoms with E-state index in [1.54, 1.807) is 0 Å². The molecule has 1 aliphatic rings. The van der Waals surface area contributed by atoms with Gasteiger partial charge in [-0.05, 0) is 31.2 Å². The lowest BCUT2D eigenvalue weighted by atomic mass is 9.99. The lowest BCUT2D eigenvalue weighted by Crippen LogP contribution is -2.38. The van der Waals surface area contributed by atoms with Gasteiger partial charge in [0.05, 0.1) is 30.3 Å². The fraction of sp³-hybridized carbons (Fsp3) is 0.565. The Bertz CT molecular complexity index is 1020. The van der Waals surface area contributed by atoms with Crippen LogP contribution in [-0.4, -0.2) is 49.7 Å². The Hall–Kier alpha value is -2.24. The number of aromatic nitrogens is 2. The molecule has 188 valence electrons. The molecule has 1 fully saturated rings. The molecule has 1 aliphatic heterocycles. The number of hydrogen-bond donors (Lipinski definition) is 1. The molecule has 34 heavy (non-hydrogen) atoms. The summed E-state index contributed by atoms with van der Waals surface area (Å²) in [5.74, 6) is 0.511. The molecule has 2 heterocycles. The quantitative estimate of drug-likeness (QED) is 0.542. The van der Waals surface area contributed by atoms with Crippen molar-refractivity contribution in [2.75, 3.05) is 25.4 Å². The number of hydrogen-bond acceptors (Lipinski definition) is 5. The summed E-state index contributed by atoms with van der Waals surface area (Å²) in [5.41, 5.74) is 1.24. The second-order valence-corrected chi connectivity index (χ2v) is 10.2. The van der Waals surface area contributed by atoms with E-state index in [9.17, 15) is 22.2 Å². The third kappa shape index (κ3) is 7.64. The molecule has 2 aromatic rings. The van der Waals surface area contributed by atoms with Crippen LogP contribution in [0.1, 0.15) is 36.7 Å². The van der Waals surface area contributed by atoms with Crippen LogP contribution in [0, 0.1) is 12.8 Å². The smallest absolute Gasteiger partial charge is 0.406 e.